The summed E-state index contributed by atoms with van der Waals surface area (Å²) in [6.07, 6.45) is 2.44. The Kier molecular flexibility index (Phi) is 5.53. The van der Waals surface area contributed by atoms with E-state index in [1.807, 2.05) is 0 Å². The number of nitrogens with zero attached hydrogens (tertiary/aromatic N) is 2. The van der Waals surface area contributed by atoms with Gasteiger partial charge in [0.05, 0.1) is 17.9 Å². The van der Waals surface area contributed by atoms with Gasteiger partial charge in [-0.2, -0.15) is 8.75 Å². The van der Waals surface area contributed by atoms with Crippen molar-refractivity contribution < 1.29 is 14.4 Å². The van der Waals surface area contributed by atoms with Crippen LogP contribution < -0.4 is 16.2 Å². The lowest BCUT2D eigenvalue weighted by Gasteiger charge is -2.10. The van der Waals surface area contributed by atoms with Crippen molar-refractivity contribution in [3.63, 3.8) is 0 Å². The Morgan fingerprint density at radius 1 is 1.17 bits per heavy atom. The average molecular weight is 331 g/mol. The zero-order valence-corrected chi connectivity index (χ0v) is 12.7. The van der Waals surface area contributed by atoms with Crippen LogP contribution in [0.15, 0.2) is 43.1 Å². The van der Waals surface area contributed by atoms with Gasteiger partial charge in [-0.25, -0.2) is 0 Å². The average Bonchev–Trinajstić information content (AvgIpc) is 3.12. The fourth-order valence-electron chi connectivity index (χ4n) is 1.66. The standard InChI is InChI=1S/C14H13N5O3S/c1-2-12(20)15-7-9-5-3-4-6-10(9)13(21)17-18-14(22)11-8-16-23-19-11/h2-6,8H,1,7H2,(H,15,20)(H,17,21)(H,18,22). The summed E-state index contributed by atoms with van der Waals surface area (Å²) in [5.41, 5.74) is 5.59. The summed E-state index contributed by atoms with van der Waals surface area (Å²) in [7, 11) is 0. The first-order valence-corrected chi connectivity index (χ1v) is 7.21. The van der Waals surface area contributed by atoms with E-state index in [1.165, 1.54) is 6.20 Å². The second kappa shape index (κ2) is 7.80. The van der Waals surface area contributed by atoms with E-state index in [-0.39, 0.29) is 18.1 Å². The molecule has 0 saturated heterocycles. The van der Waals surface area contributed by atoms with Crippen molar-refractivity contribution in [2.24, 2.45) is 0 Å². The molecule has 118 valence electrons. The Hall–Kier alpha value is -3.07. The van der Waals surface area contributed by atoms with E-state index in [0.29, 0.717) is 11.1 Å². The molecule has 1 aromatic heterocycles. The second-order valence-electron chi connectivity index (χ2n) is 4.28. The Balaban J connectivity index is 2.00. The van der Waals surface area contributed by atoms with Crippen molar-refractivity contribution in [1.29, 1.82) is 0 Å². The maximum Gasteiger partial charge on any atom is 0.291 e. The molecule has 3 N–H and O–H groups in total. The van der Waals surface area contributed by atoms with Crippen molar-refractivity contribution in [2.45, 2.75) is 6.54 Å². The van der Waals surface area contributed by atoms with E-state index in [1.54, 1.807) is 24.3 Å². The molecule has 0 unspecified atom stereocenters. The summed E-state index contributed by atoms with van der Waals surface area (Å²) in [5.74, 6) is -1.42. The molecule has 1 aromatic carbocycles. The maximum atomic E-state index is 12.2. The van der Waals surface area contributed by atoms with Crippen LogP contribution in [0.25, 0.3) is 0 Å². The predicted octanol–water partition coefficient (Wildman–Crippen LogP) is 0.415. The Labute approximate surface area is 135 Å². The summed E-state index contributed by atoms with van der Waals surface area (Å²) in [5, 5.41) is 2.59. The quantitative estimate of drug-likeness (QED) is 0.543. The normalized spacial score (nSPS) is 9.74. The first-order chi connectivity index (χ1) is 11.1. The minimum Gasteiger partial charge on any atom is -0.348 e. The number of amides is 3. The second-order valence-corrected chi connectivity index (χ2v) is 4.84. The summed E-state index contributed by atoms with van der Waals surface area (Å²) in [6, 6.07) is 6.71. The molecular weight excluding hydrogens is 318 g/mol. The zero-order valence-electron chi connectivity index (χ0n) is 11.9. The van der Waals surface area contributed by atoms with Gasteiger partial charge in [-0.15, -0.1) is 0 Å². The number of rotatable bonds is 5. The lowest BCUT2D eigenvalue weighted by molar-refractivity contribution is -0.116. The third-order valence-electron chi connectivity index (χ3n) is 2.78. The van der Waals surface area contributed by atoms with Crippen LogP contribution in [-0.2, 0) is 11.3 Å². The lowest BCUT2D eigenvalue weighted by Crippen LogP contribution is -2.42. The summed E-state index contributed by atoms with van der Waals surface area (Å²) in [4.78, 5) is 35.1. The van der Waals surface area contributed by atoms with Crippen LogP contribution >= 0.6 is 11.7 Å². The Morgan fingerprint density at radius 2 is 1.91 bits per heavy atom. The third-order valence-corrected chi connectivity index (χ3v) is 3.26. The van der Waals surface area contributed by atoms with Crippen LogP contribution in [0, 0.1) is 0 Å². The van der Waals surface area contributed by atoms with Crippen LogP contribution in [0.4, 0.5) is 0 Å². The van der Waals surface area contributed by atoms with Crippen molar-refractivity contribution in [1.82, 2.24) is 24.9 Å². The van der Waals surface area contributed by atoms with Gasteiger partial charge in [0.15, 0.2) is 5.69 Å². The molecule has 3 amide bonds. The van der Waals surface area contributed by atoms with Crippen molar-refractivity contribution in [2.75, 3.05) is 0 Å². The molecule has 0 atom stereocenters. The third kappa shape index (κ3) is 4.45. The number of hydrazine groups is 1. The highest BCUT2D eigenvalue weighted by atomic mass is 32.1. The van der Waals surface area contributed by atoms with Gasteiger partial charge in [0, 0.05) is 12.1 Å². The molecule has 9 heteroatoms. The van der Waals surface area contributed by atoms with Gasteiger partial charge in [-0.3, -0.25) is 25.2 Å². The van der Waals surface area contributed by atoms with E-state index in [4.69, 9.17) is 0 Å². The number of nitrogens with one attached hydrogen (secondary N) is 3. The van der Waals surface area contributed by atoms with Crippen LogP contribution in [0.5, 0.6) is 0 Å². The highest BCUT2D eigenvalue weighted by molar-refractivity contribution is 6.99. The molecule has 23 heavy (non-hydrogen) atoms. The largest absolute Gasteiger partial charge is 0.348 e. The van der Waals surface area contributed by atoms with E-state index < -0.39 is 11.8 Å². The molecule has 0 fully saturated rings. The van der Waals surface area contributed by atoms with Gasteiger partial charge in [-0.1, -0.05) is 24.8 Å². The fraction of sp³-hybridized carbons (Fsp3) is 0.0714. The maximum absolute atomic E-state index is 12.2. The number of carbonyl (C=O) groups is 3. The molecule has 0 aliphatic heterocycles. The fourth-order valence-corrected chi connectivity index (χ4v) is 2.07. The number of carbonyl (C=O) groups excluding carboxylic acids is 3. The van der Waals surface area contributed by atoms with Gasteiger partial charge in [-0.05, 0) is 17.7 Å². The SMILES string of the molecule is C=CC(=O)NCc1ccccc1C(=O)NNC(=O)c1cnsn1. The molecule has 0 radical (unpaired) electrons. The number of hydrogen-bond acceptors (Lipinski definition) is 6. The molecular formula is C14H13N5O3S. The first kappa shape index (κ1) is 16.3. The van der Waals surface area contributed by atoms with Crippen LogP contribution in [0.1, 0.15) is 26.4 Å². The number of benzene rings is 1. The Morgan fingerprint density at radius 3 is 2.61 bits per heavy atom. The van der Waals surface area contributed by atoms with E-state index in [2.05, 4.69) is 31.5 Å². The van der Waals surface area contributed by atoms with Crippen LogP contribution in [0.3, 0.4) is 0 Å². The van der Waals surface area contributed by atoms with Gasteiger partial charge < -0.3 is 5.32 Å². The number of aromatic nitrogens is 2. The number of hydrogen-bond donors (Lipinski definition) is 3. The molecule has 0 spiro atoms. The smallest absolute Gasteiger partial charge is 0.291 e. The van der Waals surface area contributed by atoms with Gasteiger partial charge in [0.2, 0.25) is 5.91 Å². The molecule has 0 saturated carbocycles. The molecule has 0 bridgehead atoms. The topological polar surface area (TPSA) is 113 Å². The molecule has 2 rings (SSSR count). The Bertz CT molecular complexity index is 730. The van der Waals surface area contributed by atoms with E-state index in [9.17, 15) is 14.4 Å². The first-order valence-electron chi connectivity index (χ1n) is 6.48. The monoisotopic (exact) mass is 331 g/mol. The highest BCUT2D eigenvalue weighted by Crippen LogP contribution is 2.08. The molecule has 0 aliphatic carbocycles. The molecule has 2 aromatic rings. The van der Waals surface area contributed by atoms with Crippen molar-refractivity contribution >= 4 is 29.4 Å². The van der Waals surface area contributed by atoms with E-state index in [0.717, 1.165) is 17.8 Å². The highest BCUT2D eigenvalue weighted by Gasteiger charge is 2.14. The van der Waals surface area contributed by atoms with Gasteiger partial charge >= 0.3 is 0 Å². The van der Waals surface area contributed by atoms with Crippen LogP contribution in [-0.4, -0.2) is 26.5 Å². The van der Waals surface area contributed by atoms with Crippen molar-refractivity contribution in [3.8, 4) is 0 Å². The minimum atomic E-state index is -0.565. The predicted molar refractivity (Wildman–Crippen MR) is 83.3 cm³/mol. The minimum absolute atomic E-state index is 0.113. The lowest BCUT2D eigenvalue weighted by atomic mass is 10.1. The summed E-state index contributed by atoms with van der Waals surface area (Å²) >= 11 is 0.891. The summed E-state index contributed by atoms with van der Waals surface area (Å²) in [6.45, 7) is 3.52. The summed E-state index contributed by atoms with van der Waals surface area (Å²) < 4.78 is 7.45. The van der Waals surface area contributed by atoms with Crippen molar-refractivity contribution in [3.05, 3.63) is 59.9 Å². The van der Waals surface area contributed by atoms with E-state index >= 15 is 0 Å². The zero-order chi connectivity index (χ0) is 16.7. The molecule has 0 aliphatic rings. The van der Waals surface area contributed by atoms with Crippen LogP contribution in [0.2, 0.25) is 0 Å². The van der Waals surface area contributed by atoms with Gasteiger partial charge in [0.1, 0.15) is 0 Å². The molecule has 8 nitrogen and oxygen atoms in total. The molecule has 1 heterocycles. The van der Waals surface area contributed by atoms with Gasteiger partial charge in [0.25, 0.3) is 11.8 Å².